The quantitative estimate of drug-likeness (QED) is 0.114. The number of benzene rings is 9. The molecule has 0 bridgehead atoms. The van der Waals surface area contributed by atoms with Gasteiger partial charge >= 0.3 is 0 Å². The zero-order chi connectivity index (χ0) is 40.7. The Morgan fingerprint density at radius 1 is 0.475 bits per heavy atom. The third-order valence-electron chi connectivity index (χ3n) is 11.6. The van der Waals surface area contributed by atoms with E-state index in [1.165, 1.54) is 69.5 Å². The van der Waals surface area contributed by atoms with E-state index in [0.717, 1.165) is 27.9 Å². The van der Waals surface area contributed by atoms with Crippen LogP contribution >= 0.6 is 11.3 Å². The van der Waals surface area contributed by atoms with Crippen LogP contribution in [0.25, 0.3) is 80.7 Å². The SMILES string of the molecule is C=NC(=NC(=NCc1ccccc1)c1ccc(-n2c3ccc(-c4ccccc4)cc3c3c4ccccc4c4c5cc(-c6ccccc6)ccc5sc4c32)cc1)c1ccccc1. The Morgan fingerprint density at radius 2 is 1.03 bits per heavy atom. The summed E-state index contributed by atoms with van der Waals surface area (Å²) < 4.78 is 5.01. The fraction of sp³-hybridized carbons (Fsp3) is 0.0179. The summed E-state index contributed by atoms with van der Waals surface area (Å²) >= 11 is 1.88. The molecule has 288 valence electrons. The lowest BCUT2D eigenvalue weighted by molar-refractivity contribution is 1.06. The van der Waals surface area contributed by atoms with Crippen molar-refractivity contribution in [3.8, 4) is 27.9 Å². The minimum absolute atomic E-state index is 0.486. The number of rotatable bonds is 7. The molecule has 11 rings (SSSR count). The summed E-state index contributed by atoms with van der Waals surface area (Å²) in [6.07, 6.45) is 0. The summed E-state index contributed by atoms with van der Waals surface area (Å²) in [6.45, 7) is 4.36. The Bertz CT molecular complexity index is 3470. The van der Waals surface area contributed by atoms with Crippen LogP contribution in [0.2, 0.25) is 0 Å². The van der Waals surface area contributed by atoms with E-state index in [1.807, 2.05) is 59.9 Å². The van der Waals surface area contributed by atoms with Gasteiger partial charge in [0.25, 0.3) is 0 Å². The van der Waals surface area contributed by atoms with E-state index >= 15 is 0 Å². The van der Waals surface area contributed by atoms with Crippen molar-refractivity contribution in [2.24, 2.45) is 15.0 Å². The molecule has 9 aromatic carbocycles. The van der Waals surface area contributed by atoms with Crippen molar-refractivity contribution >= 4 is 82.5 Å². The molecule has 2 heterocycles. The van der Waals surface area contributed by atoms with Crippen LogP contribution in [0.5, 0.6) is 0 Å². The van der Waals surface area contributed by atoms with Crippen molar-refractivity contribution < 1.29 is 0 Å². The molecule has 0 amide bonds. The molecular formula is C56H38N4S. The van der Waals surface area contributed by atoms with Crippen molar-refractivity contribution in [1.29, 1.82) is 0 Å². The second kappa shape index (κ2) is 15.5. The number of amidine groups is 2. The molecule has 0 atom stereocenters. The van der Waals surface area contributed by atoms with Gasteiger partial charge in [-0.05, 0) is 93.8 Å². The Hall–Kier alpha value is -7.73. The van der Waals surface area contributed by atoms with Crippen molar-refractivity contribution in [3.05, 3.63) is 223 Å². The molecule has 0 unspecified atom stereocenters. The first-order valence-electron chi connectivity index (χ1n) is 20.5. The summed E-state index contributed by atoms with van der Waals surface area (Å²) in [5.74, 6) is 1.13. The molecule has 0 aliphatic rings. The highest BCUT2D eigenvalue weighted by Crippen LogP contribution is 2.49. The molecule has 5 heteroatoms. The molecular weight excluding hydrogens is 761 g/mol. The maximum Gasteiger partial charge on any atom is 0.161 e. The molecule has 0 aliphatic heterocycles. The third-order valence-corrected chi connectivity index (χ3v) is 12.8. The van der Waals surface area contributed by atoms with E-state index in [9.17, 15) is 0 Å². The van der Waals surface area contributed by atoms with Crippen LogP contribution in [0, 0.1) is 0 Å². The van der Waals surface area contributed by atoms with Gasteiger partial charge in [-0.1, -0.05) is 158 Å². The molecule has 0 radical (unpaired) electrons. The van der Waals surface area contributed by atoms with Crippen LogP contribution in [-0.4, -0.2) is 23.0 Å². The smallest absolute Gasteiger partial charge is 0.161 e. The summed E-state index contributed by atoms with van der Waals surface area (Å²) in [6, 6.07) is 73.1. The molecule has 0 fully saturated rings. The van der Waals surface area contributed by atoms with E-state index in [-0.39, 0.29) is 0 Å². The summed E-state index contributed by atoms with van der Waals surface area (Å²) in [5.41, 5.74) is 11.1. The van der Waals surface area contributed by atoms with E-state index in [1.54, 1.807) is 0 Å². The number of nitrogens with zero attached hydrogens (tertiary/aromatic N) is 4. The number of hydrogen-bond acceptors (Lipinski definition) is 2. The second-order valence-electron chi connectivity index (χ2n) is 15.2. The van der Waals surface area contributed by atoms with Crippen molar-refractivity contribution in [3.63, 3.8) is 0 Å². The van der Waals surface area contributed by atoms with E-state index in [4.69, 9.17) is 9.98 Å². The lowest BCUT2D eigenvalue weighted by Gasteiger charge is -2.12. The Kier molecular flexibility index (Phi) is 9.21. The predicted octanol–water partition coefficient (Wildman–Crippen LogP) is 14.7. The second-order valence-corrected chi connectivity index (χ2v) is 16.3. The molecule has 0 saturated heterocycles. The number of thiophene rings is 1. The van der Waals surface area contributed by atoms with E-state index in [2.05, 4.69) is 174 Å². The van der Waals surface area contributed by atoms with Crippen LogP contribution in [0.4, 0.5) is 0 Å². The van der Waals surface area contributed by atoms with Gasteiger partial charge in [-0.25, -0.2) is 9.98 Å². The Morgan fingerprint density at radius 3 is 1.69 bits per heavy atom. The monoisotopic (exact) mass is 798 g/mol. The topological polar surface area (TPSA) is 42.0 Å². The van der Waals surface area contributed by atoms with Gasteiger partial charge in [0.1, 0.15) is 0 Å². The minimum atomic E-state index is 0.486. The first-order chi connectivity index (χ1) is 30.2. The fourth-order valence-electron chi connectivity index (χ4n) is 8.70. The van der Waals surface area contributed by atoms with Gasteiger partial charge in [0.05, 0.1) is 22.3 Å². The molecule has 61 heavy (non-hydrogen) atoms. The fourth-order valence-corrected chi connectivity index (χ4v) is 9.94. The van der Waals surface area contributed by atoms with Gasteiger partial charge in [0.2, 0.25) is 0 Å². The number of aliphatic imine (C=N–C) groups is 3. The lowest BCUT2D eigenvalue weighted by atomic mass is 9.96. The normalized spacial score (nSPS) is 12.3. The molecule has 0 saturated carbocycles. The van der Waals surface area contributed by atoms with Gasteiger partial charge in [-0.3, -0.25) is 4.99 Å². The number of aromatic nitrogens is 1. The first-order valence-corrected chi connectivity index (χ1v) is 21.3. The first kappa shape index (κ1) is 36.4. The molecule has 0 N–H and O–H groups in total. The lowest BCUT2D eigenvalue weighted by Crippen LogP contribution is -2.06. The summed E-state index contributed by atoms with van der Waals surface area (Å²) in [7, 11) is 0. The standard InChI is InChI=1S/C56H38N4S/c1-57-55(40-22-12-5-13-23-40)59-56(58-36-37-16-6-2-7-17-37)41-26-30-44(31-27-41)60-49-32-28-42(38-18-8-3-9-19-38)34-47(49)51-45-24-14-15-25-46(45)52-48-35-43(39-20-10-4-11-21-39)29-33-50(48)61-54(52)53(51)60/h2-35H,1,36H2. The van der Waals surface area contributed by atoms with E-state index in [0.29, 0.717) is 18.2 Å². The zero-order valence-electron chi connectivity index (χ0n) is 33.2. The van der Waals surface area contributed by atoms with Gasteiger partial charge in [-0.15, -0.1) is 11.3 Å². The van der Waals surface area contributed by atoms with Crippen molar-refractivity contribution in [1.82, 2.24) is 4.57 Å². The minimum Gasteiger partial charge on any atom is -0.308 e. The van der Waals surface area contributed by atoms with Crippen molar-refractivity contribution in [2.45, 2.75) is 6.54 Å². The van der Waals surface area contributed by atoms with Gasteiger partial charge < -0.3 is 4.57 Å². The third kappa shape index (κ3) is 6.53. The molecule has 0 aliphatic carbocycles. The van der Waals surface area contributed by atoms with E-state index < -0.39 is 0 Å². The summed E-state index contributed by atoms with van der Waals surface area (Å²) in [4.78, 5) is 14.5. The number of fused-ring (bicyclic) bond motifs is 10. The van der Waals surface area contributed by atoms with Crippen LogP contribution < -0.4 is 0 Å². The maximum absolute atomic E-state index is 5.07. The van der Waals surface area contributed by atoms with Crippen LogP contribution in [0.1, 0.15) is 16.7 Å². The van der Waals surface area contributed by atoms with Gasteiger partial charge in [0.15, 0.2) is 11.7 Å². The molecule has 0 spiro atoms. The highest BCUT2D eigenvalue weighted by atomic mass is 32.1. The average molecular weight is 799 g/mol. The highest BCUT2D eigenvalue weighted by molar-refractivity contribution is 7.27. The predicted molar refractivity (Wildman–Crippen MR) is 261 cm³/mol. The van der Waals surface area contributed by atoms with Gasteiger partial charge in [-0.2, -0.15) is 0 Å². The molecule has 4 nitrogen and oxygen atoms in total. The maximum atomic E-state index is 5.07. The molecule has 2 aromatic heterocycles. The largest absolute Gasteiger partial charge is 0.308 e. The molecule has 11 aromatic rings. The van der Waals surface area contributed by atoms with Crippen LogP contribution in [0.3, 0.4) is 0 Å². The summed E-state index contributed by atoms with van der Waals surface area (Å²) in [5, 5.41) is 7.56. The zero-order valence-corrected chi connectivity index (χ0v) is 34.1. The van der Waals surface area contributed by atoms with Crippen molar-refractivity contribution in [2.75, 3.05) is 0 Å². The van der Waals surface area contributed by atoms with Crippen LogP contribution in [0.15, 0.2) is 221 Å². The Balaban J connectivity index is 1.16. The van der Waals surface area contributed by atoms with Gasteiger partial charge in [0, 0.05) is 43.1 Å². The average Bonchev–Trinajstić information content (AvgIpc) is 3.89. The highest BCUT2D eigenvalue weighted by Gasteiger charge is 2.23. The Labute approximate surface area is 357 Å². The number of hydrogen-bond donors (Lipinski definition) is 0. The van der Waals surface area contributed by atoms with Crippen LogP contribution in [-0.2, 0) is 6.54 Å².